The van der Waals surface area contributed by atoms with Crippen LogP contribution < -0.4 is 5.46 Å². The minimum Gasteiger partial charge on any atom is -0.444 e. The number of amides is 1. The number of rotatable bonds is 3. The number of benzene rings is 2. The molecule has 0 spiro atoms. The topological polar surface area (TPSA) is 76.7 Å². The molecule has 2 bridgehead atoms. The molecule has 200 valence electrons. The summed E-state index contributed by atoms with van der Waals surface area (Å²) in [6, 6.07) is 14.8. The van der Waals surface area contributed by atoms with E-state index in [0.29, 0.717) is 5.92 Å². The van der Waals surface area contributed by atoms with Crippen molar-refractivity contribution in [1.82, 2.24) is 14.9 Å². The second kappa shape index (κ2) is 8.58. The third-order valence-corrected chi connectivity index (χ3v) is 8.74. The molecule has 6 rings (SSSR count). The average molecular weight is 515 g/mol. The number of H-pyrrole nitrogens is 1. The zero-order valence-electron chi connectivity index (χ0n) is 23.5. The fraction of sp³-hybridized carbons (Fsp3) is 0.533. The highest BCUT2D eigenvalue weighted by atomic mass is 16.7. The van der Waals surface area contributed by atoms with Gasteiger partial charge in [-0.05, 0) is 102 Å². The molecule has 3 heterocycles. The van der Waals surface area contributed by atoms with Gasteiger partial charge in [-0.25, -0.2) is 9.78 Å². The third kappa shape index (κ3) is 4.32. The first-order valence-corrected chi connectivity index (χ1v) is 13.8. The molecule has 1 N–H and O–H groups in total. The maximum absolute atomic E-state index is 13.1. The van der Waals surface area contributed by atoms with E-state index in [9.17, 15) is 4.79 Å². The first kappa shape index (κ1) is 25.4. The molecule has 3 fully saturated rings. The van der Waals surface area contributed by atoms with Crippen LogP contribution in [0.15, 0.2) is 42.5 Å². The molecule has 8 heteroatoms. The van der Waals surface area contributed by atoms with E-state index in [4.69, 9.17) is 19.0 Å². The van der Waals surface area contributed by atoms with Gasteiger partial charge in [0.15, 0.2) is 0 Å². The second-order valence-electron chi connectivity index (χ2n) is 13.1. The molecule has 7 nitrogen and oxygen atoms in total. The lowest BCUT2D eigenvalue weighted by atomic mass is 9.78. The third-order valence-electron chi connectivity index (χ3n) is 8.74. The minimum absolute atomic E-state index is 0.0707. The Morgan fingerprint density at radius 3 is 2.34 bits per heavy atom. The fourth-order valence-electron chi connectivity index (χ4n) is 6.08. The molecule has 3 atom stereocenters. The van der Waals surface area contributed by atoms with Gasteiger partial charge in [-0.2, -0.15) is 0 Å². The summed E-state index contributed by atoms with van der Waals surface area (Å²) in [6.45, 7) is 14.0. The quantitative estimate of drug-likeness (QED) is 0.434. The van der Waals surface area contributed by atoms with Crippen molar-refractivity contribution in [1.29, 1.82) is 0 Å². The number of carbonyl (C=O) groups excluding carboxylic acids is 1. The van der Waals surface area contributed by atoms with Crippen molar-refractivity contribution in [3.63, 3.8) is 0 Å². The predicted octanol–water partition coefficient (Wildman–Crippen LogP) is 5.99. The van der Waals surface area contributed by atoms with Gasteiger partial charge in [-0.15, -0.1) is 0 Å². The van der Waals surface area contributed by atoms with Crippen molar-refractivity contribution in [2.75, 3.05) is 0 Å². The van der Waals surface area contributed by atoms with Gasteiger partial charge in [0, 0.05) is 6.04 Å². The average Bonchev–Trinajstić information content (AvgIpc) is 3.59. The summed E-state index contributed by atoms with van der Waals surface area (Å²) in [5.74, 6) is 1.27. The number of piperidine rings is 1. The first-order valence-electron chi connectivity index (χ1n) is 13.8. The summed E-state index contributed by atoms with van der Waals surface area (Å²) in [5.41, 5.74) is 3.85. The lowest BCUT2D eigenvalue weighted by Crippen LogP contribution is -2.43. The molecule has 0 radical (unpaired) electrons. The van der Waals surface area contributed by atoms with Crippen LogP contribution in [-0.2, 0) is 14.0 Å². The molecule has 2 saturated heterocycles. The van der Waals surface area contributed by atoms with E-state index in [2.05, 4.69) is 75.1 Å². The summed E-state index contributed by atoms with van der Waals surface area (Å²) < 4.78 is 18.2. The maximum Gasteiger partial charge on any atom is 0.494 e. The number of nitrogens with zero attached hydrogens (tertiary/aromatic N) is 2. The maximum atomic E-state index is 13.1. The van der Waals surface area contributed by atoms with Crippen LogP contribution in [0.5, 0.6) is 0 Å². The summed E-state index contributed by atoms with van der Waals surface area (Å²) >= 11 is 0. The second-order valence-corrected chi connectivity index (χ2v) is 13.1. The Morgan fingerprint density at radius 2 is 1.68 bits per heavy atom. The van der Waals surface area contributed by atoms with Crippen molar-refractivity contribution >= 4 is 29.7 Å². The molecular formula is C30H38BN3O4. The van der Waals surface area contributed by atoms with Crippen molar-refractivity contribution in [3.8, 4) is 11.1 Å². The van der Waals surface area contributed by atoms with Crippen LogP contribution in [0.4, 0.5) is 4.79 Å². The van der Waals surface area contributed by atoms with Crippen molar-refractivity contribution < 1.29 is 18.8 Å². The number of hydrogen-bond donors (Lipinski definition) is 1. The van der Waals surface area contributed by atoms with E-state index in [-0.39, 0.29) is 36.5 Å². The SMILES string of the molecule is CC(C)(C)OC(=O)N1C2CCC(C2)C1c1nc2ccc(-c3ccc(B4OC(C)(C)C(C)(C)O4)cc3)cc2[nH]1. The minimum atomic E-state index is -0.524. The standard InChI is InChI=1S/C30H38BN3O4/c1-28(2,3)36-27(35)34-22-14-10-20(16-22)25(34)26-32-23-15-11-19(17-24(23)33-26)18-8-12-21(13-9-18)31-37-29(4,5)30(6,7)38-31/h8-9,11-13,15,17,20,22,25H,10,14,16H2,1-7H3,(H,32,33). The van der Waals surface area contributed by atoms with E-state index in [1.807, 2.05) is 25.7 Å². The van der Waals surface area contributed by atoms with Crippen LogP contribution in [0.25, 0.3) is 22.2 Å². The summed E-state index contributed by atoms with van der Waals surface area (Å²) in [5, 5.41) is 0. The van der Waals surface area contributed by atoms with Crippen LogP contribution >= 0.6 is 0 Å². The monoisotopic (exact) mass is 515 g/mol. The first-order chi connectivity index (χ1) is 17.8. The number of likely N-dealkylation sites (tertiary alicyclic amines) is 1. The van der Waals surface area contributed by atoms with Gasteiger partial charge in [0.05, 0.1) is 28.3 Å². The number of carbonyl (C=O) groups is 1. The summed E-state index contributed by atoms with van der Waals surface area (Å²) in [4.78, 5) is 23.6. The lowest BCUT2D eigenvalue weighted by Gasteiger charge is -2.35. The number of fused-ring (bicyclic) bond motifs is 3. The molecule has 3 aromatic rings. The fourth-order valence-corrected chi connectivity index (χ4v) is 6.08. The van der Waals surface area contributed by atoms with Gasteiger partial charge < -0.3 is 19.0 Å². The van der Waals surface area contributed by atoms with Crippen LogP contribution in [0.2, 0.25) is 0 Å². The summed E-state index contributed by atoms with van der Waals surface area (Å²) in [7, 11) is -0.374. The highest BCUT2D eigenvalue weighted by molar-refractivity contribution is 6.62. The number of nitrogens with one attached hydrogen (secondary N) is 1. The van der Waals surface area contributed by atoms with E-state index >= 15 is 0 Å². The number of imidazole rings is 1. The molecular weight excluding hydrogens is 477 g/mol. The number of ether oxygens (including phenoxy) is 1. The van der Waals surface area contributed by atoms with E-state index in [1.165, 1.54) is 0 Å². The van der Waals surface area contributed by atoms with Crippen LogP contribution in [-0.4, -0.2) is 50.9 Å². The van der Waals surface area contributed by atoms with E-state index in [1.54, 1.807) is 0 Å². The van der Waals surface area contributed by atoms with Gasteiger partial charge in [0.1, 0.15) is 11.4 Å². The lowest BCUT2D eigenvalue weighted by molar-refractivity contribution is 0.00578. The number of aromatic nitrogens is 2. The molecule has 1 saturated carbocycles. The molecule has 38 heavy (non-hydrogen) atoms. The van der Waals surface area contributed by atoms with Gasteiger partial charge in [0.25, 0.3) is 0 Å². The molecule has 1 amide bonds. The molecule has 2 aromatic carbocycles. The molecule has 1 aliphatic carbocycles. The van der Waals surface area contributed by atoms with Gasteiger partial charge in [0.2, 0.25) is 0 Å². The van der Waals surface area contributed by atoms with E-state index < -0.39 is 5.60 Å². The van der Waals surface area contributed by atoms with Crippen LogP contribution in [0.3, 0.4) is 0 Å². The van der Waals surface area contributed by atoms with Crippen molar-refractivity contribution in [2.45, 2.75) is 96.6 Å². The smallest absolute Gasteiger partial charge is 0.444 e. The van der Waals surface area contributed by atoms with Crippen LogP contribution in [0, 0.1) is 5.92 Å². The summed E-state index contributed by atoms with van der Waals surface area (Å²) in [6.07, 6.45) is 2.93. The molecule has 2 aliphatic heterocycles. The number of hydrogen-bond acceptors (Lipinski definition) is 5. The Labute approximate surface area is 225 Å². The molecule has 3 aliphatic rings. The van der Waals surface area contributed by atoms with Crippen molar-refractivity contribution in [3.05, 3.63) is 48.3 Å². The molecule has 3 unspecified atom stereocenters. The van der Waals surface area contributed by atoms with Gasteiger partial charge in [-0.3, -0.25) is 4.90 Å². The van der Waals surface area contributed by atoms with E-state index in [0.717, 1.165) is 52.7 Å². The van der Waals surface area contributed by atoms with Crippen molar-refractivity contribution in [2.24, 2.45) is 5.92 Å². The Hall–Kier alpha value is -2.84. The Bertz CT molecular complexity index is 1360. The molecule has 1 aromatic heterocycles. The van der Waals surface area contributed by atoms with Gasteiger partial charge >= 0.3 is 13.2 Å². The number of aromatic amines is 1. The highest BCUT2D eigenvalue weighted by Gasteiger charge is 2.52. The van der Waals surface area contributed by atoms with Gasteiger partial charge in [-0.1, -0.05) is 30.3 Å². The van der Waals surface area contributed by atoms with Crippen LogP contribution in [0.1, 0.15) is 79.6 Å². The Balaban J connectivity index is 1.25. The highest BCUT2D eigenvalue weighted by Crippen LogP contribution is 2.50. The predicted molar refractivity (Wildman–Crippen MR) is 149 cm³/mol. The zero-order valence-corrected chi connectivity index (χ0v) is 23.5. The zero-order chi connectivity index (χ0) is 27.0. The largest absolute Gasteiger partial charge is 0.494 e. The Kier molecular flexibility index (Phi) is 5.75. The normalized spacial score (nSPS) is 25.9. The Morgan fingerprint density at radius 1 is 1.03 bits per heavy atom.